The van der Waals surface area contributed by atoms with Crippen molar-refractivity contribution in [2.24, 2.45) is 5.41 Å². The first-order chi connectivity index (χ1) is 8.50. The van der Waals surface area contributed by atoms with E-state index in [1.54, 1.807) is 0 Å². The lowest BCUT2D eigenvalue weighted by atomic mass is 10.1. The Morgan fingerprint density at radius 1 is 1.44 bits per heavy atom. The Balaban J connectivity index is 2.18. The first kappa shape index (κ1) is 12.3. The lowest BCUT2D eigenvalue weighted by molar-refractivity contribution is 0.461. The molecule has 2 aromatic rings. The summed E-state index contributed by atoms with van der Waals surface area (Å²) < 4.78 is 2.24. The van der Waals surface area contributed by atoms with Crippen LogP contribution >= 0.6 is 23.2 Å². The van der Waals surface area contributed by atoms with Gasteiger partial charge in [-0.3, -0.25) is 0 Å². The number of para-hydroxylation sites is 1. The lowest BCUT2D eigenvalue weighted by Crippen LogP contribution is -2.11. The summed E-state index contributed by atoms with van der Waals surface area (Å²) in [6, 6.07) is 5.92. The average molecular weight is 283 g/mol. The number of hydrogen-bond acceptors (Lipinski definition) is 1. The molecular formula is C14H16Cl2N2. The molecule has 1 atom stereocenters. The van der Waals surface area contributed by atoms with Gasteiger partial charge in [-0.05, 0) is 37.3 Å². The third kappa shape index (κ3) is 2.02. The van der Waals surface area contributed by atoms with Gasteiger partial charge in [0, 0.05) is 6.54 Å². The summed E-state index contributed by atoms with van der Waals surface area (Å²) in [6.45, 7) is 5.25. The van der Waals surface area contributed by atoms with Crippen LogP contribution in [0.3, 0.4) is 0 Å². The molecule has 0 spiro atoms. The van der Waals surface area contributed by atoms with Gasteiger partial charge < -0.3 is 4.57 Å². The van der Waals surface area contributed by atoms with Crippen molar-refractivity contribution < 1.29 is 0 Å². The van der Waals surface area contributed by atoms with Gasteiger partial charge in [-0.1, -0.05) is 24.6 Å². The number of imidazole rings is 1. The summed E-state index contributed by atoms with van der Waals surface area (Å²) in [4.78, 5) is 4.62. The van der Waals surface area contributed by atoms with E-state index in [9.17, 15) is 0 Å². The highest BCUT2D eigenvalue weighted by Crippen LogP contribution is 2.47. The van der Waals surface area contributed by atoms with E-state index in [2.05, 4.69) is 22.5 Å². The molecule has 0 bridgehead atoms. The van der Waals surface area contributed by atoms with Gasteiger partial charge in [-0.2, -0.15) is 0 Å². The molecular weight excluding hydrogens is 267 g/mol. The van der Waals surface area contributed by atoms with Crippen LogP contribution in [0.25, 0.3) is 11.0 Å². The summed E-state index contributed by atoms with van der Waals surface area (Å²) >= 11 is 12.5. The molecule has 0 aliphatic heterocycles. The fourth-order valence-electron chi connectivity index (χ4n) is 2.35. The molecule has 1 saturated carbocycles. The van der Waals surface area contributed by atoms with E-state index < -0.39 is 0 Å². The number of alkyl halides is 1. The van der Waals surface area contributed by atoms with Gasteiger partial charge in [0.25, 0.3) is 0 Å². The molecule has 0 saturated heterocycles. The molecule has 1 aromatic heterocycles. The third-order valence-corrected chi connectivity index (χ3v) is 4.26. The van der Waals surface area contributed by atoms with Crippen LogP contribution in [0.4, 0.5) is 0 Å². The molecule has 1 heterocycles. The smallest absolute Gasteiger partial charge is 0.127 e. The second-order valence-corrected chi connectivity index (χ2v) is 6.65. The van der Waals surface area contributed by atoms with Gasteiger partial charge in [0.1, 0.15) is 11.3 Å². The molecule has 1 fully saturated rings. The minimum absolute atomic E-state index is 0.101. The highest BCUT2D eigenvalue weighted by molar-refractivity contribution is 6.35. The van der Waals surface area contributed by atoms with Crippen LogP contribution < -0.4 is 0 Å². The van der Waals surface area contributed by atoms with E-state index in [0.717, 1.165) is 23.4 Å². The Morgan fingerprint density at radius 3 is 2.78 bits per heavy atom. The van der Waals surface area contributed by atoms with Crippen molar-refractivity contribution in [1.82, 2.24) is 9.55 Å². The number of fused-ring (bicyclic) bond motifs is 1. The molecule has 3 rings (SSSR count). The molecule has 18 heavy (non-hydrogen) atoms. The minimum Gasteiger partial charge on any atom is -0.326 e. The molecule has 1 aromatic carbocycles. The second-order valence-electron chi connectivity index (χ2n) is 5.59. The zero-order valence-electron chi connectivity index (χ0n) is 10.6. The predicted molar refractivity (Wildman–Crippen MR) is 76.4 cm³/mol. The van der Waals surface area contributed by atoms with Crippen molar-refractivity contribution in [2.75, 3.05) is 0 Å². The first-order valence-electron chi connectivity index (χ1n) is 6.29. The summed E-state index contributed by atoms with van der Waals surface area (Å²) in [6.07, 6.45) is 2.56. The third-order valence-electron chi connectivity index (χ3n) is 3.76. The van der Waals surface area contributed by atoms with Gasteiger partial charge >= 0.3 is 0 Å². The molecule has 2 nitrogen and oxygen atoms in total. The fraction of sp³-hybridized carbons (Fsp3) is 0.500. The Labute approximate surface area is 117 Å². The van der Waals surface area contributed by atoms with Gasteiger partial charge in [0.2, 0.25) is 0 Å². The second kappa shape index (κ2) is 4.14. The SMILES string of the molecule is CC(Cl)c1nc2c(Cl)cccc2n1CC1(C)CC1. The van der Waals surface area contributed by atoms with Crippen LogP contribution in [0.5, 0.6) is 0 Å². The molecule has 1 aliphatic rings. The van der Waals surface area contributed by atoms with Crippen LogP contribution in [0, 0.1) is 5.41 Å². The normalized spacial score (nSPS) is 19.1. The Hall–Kier alpha value is -0.730. The molecule has 96 valence electrons. The van der Waals surface area contributed by atoms with Gasteiger partial charge in [0.15, 0.2) is 0 Å². The van der Waals surface area contributed by atoms with Gasteiger partial charge in [-0.15, -0.1) is 11.6 Å². The van der Waals surface area contributed by atoms with Crippen LogP contribution in [0.1, 0.15) is 37.9 Å². The Bertz CT molecular complexity index is 597. The van der Waals surface area contributed by atoms with Crippen molar-refractivity contribution in [3.8, 4) is 0 Å². The largest absolute Gasteiger partial charge is 0.326 e. The lowest BCUT2D eigenvalue weighted by Gasteiger charge is -2.14. The molecule has 4 heteroatoms. The maximum absolute atomic E-state index is 6.25. The van der Waals surface area contributed by atoms with Crippen LogP contribution in [0.2, 0.25) is 5.02 Å². The van der Waals surface area contributed by atoms with Crippen molar-refractivity contribution in [1.29, 1.82) is 0 Å². The van der Waals surface area contributed by atoms with Crippen LogP contribution in [-0.4, -0.2) is 9.55 Å². The number of rotatable bonds is 3. The van der Waals surface area contributed by atoms with E-state index in [4.69, 9.17) is 23.2 Å². The number of hydrogen-bond donors (Lipinski definition) is 0. The Kier molecular flexibility index (Phi) is 2.83. The molecule has 0 N–H and O–H groups in total. The van der Waals surface area contributed by atoms with E-state index in [1.165, 1.54) is 12.8 Å². The maximum Gasteiger partial charge on any atom is 0.127 e. The topological polar surface area (TPSA) is 17.8 Å². The average Bonchev–Trinajstić information content (AvgIpc) is 2.90. The standard InChI is InChI=1S/C14H16Cl2N2/c1-9(15)13-17-12-10(16)4-3-5-11(12)18(13)8-14(2)6-7-14/h3-5,9H,6-8H2,1-2H3. The monoisotopic (exact) mass is 282 g/mol. The van der Waals surface area contributed by atoms with Crippen LogP contribution in [0.15, 0.2) is 18.2 Å². The van der Waals surface area contributed by atoms with E-state index >= 15 is 0 Å². The zero-order valence-corrected chi connectivity index (χ0v) is 12.1. The minimum atomic E-state index is -0.101. The van der Waals surface area contributed by atoms with E-state index in [-0.39, 0.29) is 5.38 Å². The molecule has 0 amide bonds. The highest BCUT2D eigenvalue weighted by Gasteiger charge is 2.38. The summed E-state index contributed by atoms with van der Waals surface area (Å²) in [5.74, 6) is 0.924. The maximum atomic E-state index is 6.25. The van der Waals surface area contributed by atoms with Gasteiger partial charge in [0.05, 0.1) is 15.9 Å². The molecule has 1 unspecified atom stereocenters. The number of aromatic nitrogens is 2. The van der Waals surface area contributed by atoms with Crippen molar-refractivity contribution in [3.05, 3.63) is 29.0 Å². The Morgan fingerprint density at radius 2 is 2.17 bits per heavy atom. The first-order valence-corrected chi connectivity index (χ1v) is 7.10. The summed E-state index contributed by atoms with van der Waals surface area (Å²) in [7, 11) is 0. The van der Waals surface area contributed by atoms with Crippen molar-refractivity contribution in [3.63, 3.8) is 0 Å². The zero-order chi connectivity index (χ0) is 12.9. The van der Waals surface area contributed by atoms with Crippen molar-refractivity contribution >= 4 is 34.2 Å². The van der Waals surface area contributed by atoms with E-state index in [0.29, 0.717) is 10.4 Å². The molecule has 0 radical (unpaired) electrons. The van der Waals surface area contributed by atoms with Gasteiger partial charge in [-0.25, -0.2) is 4.98 Å². The predicted octanol–water partition coefficient (Wildman–Crippen LogP) is 4.79. The molecule has 1 aliphatic carbocycles. The van der Waals surface area contributed by atoms with E-state index in [1.807, 2.05) is 19.1 Å². The van der Waals surface area contributed by atoms with Crippen LogP contribution in [-0.2, 0) is 6.54 Å². The number of nitrogens with zero attached hydrogens (tertiary/aromatic N) is 2. The summed E-state index contributed by atoms with van der Waals surface area (Å²) in [5.41, 5.74) is 2.38. The number of benzene rings is 1. The fourth-order valence-corrected chi connectivity index (χ4v) is 2.73. The summed E-state index contributed by atoms with van der Waals surface area (Å²) in [5, 5.41) is 0.599. The highest BCUT2D eigenvalue weighted by atomic mass is 35.5. The van der Waals surface area contributed by atoms with Crippen molar-refractivity contribution in [2.45, 2.75) is 38.6 Å². The number of halogens is 2. The quantitative estimate of drug-likeness (QED) is 0.740.